The molecule has 0 fully saturated rings. The molecule has 1 aromatic carbocycles. The summed E-state index contributed by atoms with van der Waals surface area (Å²) in [5, 5.41) is 0. The summed E-state index contributed by atoms with van der Waals surface area (Å²) in [6, 6.07) is 5.42. The van der Waals surface area contributed by atoms with Crippen molar-refractivity contribution in [3.05, 3.63) is 34.9 Å². The van der Waals surface area contributed by atoms with E-state index in [9.17, 15) is 9.18 Å². The molecule has 1 aliphatic carbocycles. The molecule has 1 atom stereocenters. The number of hydrogen-bond donors (Lipinski definition) is 0. The summed E-state index contributed by atoms with van der Waals surface area (Å²) in [4.78, 5) is 11.1. The zero-order valence-electron chi connectivity index (χ0n) is 9.33. The monoisotopic (exact) mass is 222 g/mol. The summed E-state index contributed by atoms with van der Waals surface area (Å²) in [6.07, 6.45) is 2.73. The fourth-order valence-corrected chi connectivity index (χ4v) is 2.15. The number of carbonyl (C=O) groups is 1. The maximum atomic E-state index is 13.6. The Bertz CT molecular complexity index is 401. The minimum Gasteiger partial charge on any atom is -0.467 e. The van der Waals surface area contributed by atoms with Gasteiger partial charge >= 0.3 is 5.97 Å². The summed E-state index contributed by atoms with van der Waals surface area (Å²) in [7, 11) is 1.20. The first-order valence-electron chi connectivity index (χ1n) is 5.56. The lowest BCUT2D eigenvalue weighted by Crippen LogP contribution is -2.11. The van der Waals surface area contributed by atoms with Crippen LogP contribution in [0.3, 0.4) is 0 Å². The lowest BCUT2D eigenvalue weighted by Gasteiger charge is -2.17. The molecule has 0 saturated heterocycles. The van der Waals surface area contributed by atoms with Gasteiger partial charge in [0.25, 0.3) is 0 Å². The number of hydrogen-bond acceptors (Lipinski definition) is 2. The standard InChI is InChI=1S/C13H15FO2/c1-16-13(15)12(14)11-7-6-9-4-2-3-5-10(9)8-11/h6-8,12H,2-5H2,1H3. The summed E-state index contributed by atoms with van der Waals surface area (Å²) in [5.41, 5.74) is 2.87. The molecule has 16 heavy (non-hydrogen) atoms. The average molecular weight is 222 g/mol. The van der Waals surface area contributed by atoms with E-state index in [1.165, 1.54) is 24.7 Å². The third-order valence-corrected chi connectivity index (χ3v) is 3.07. The van der Waals surface area contributed by atoms with E-state index >= 15 is 0 Å². The molecule has 0 radical (unpaired) electrons. The molecule has 1 aliphatic rings. The number of alkyl halides is 1. The van der Waals surface area contributed by atoms with E-state index in [4.69, 9.17) is 0 Å². The van der Waals surface area contributed by atoms with Crippen LogP contribution in [0.15, 0.2) is 18.2 Å². The Labute approximate surface area is 94.4 Å². The number of esters is 1. The number of ether oxygens (including phenoxy) is 1. The minimum absolute atomic E-state index is 0.410. The van der Waals surface area contributed by atoms with Crippen LogP contribution < -0.4 is 0 Å². The normalized spacial score (nSPS) is 16.4. The highest BCUT2D eigenvalue weighted by Crippen LogP contribution is 2.26. The van der Waals surface area contributed by atoms with Gasteiger partial charge in [-0.15, -0.1) is 0 Å². The second kappa shape index (κ2) is 4.64. The van der Waals surface area contributed by atoms with Gasteiger partial charge in [0.1, 0.15) is 0 Å². The van der Waals surface area contributed by atoms with Gasteiger partial charge in [-0.05, 0) is 42.4 Å². The highest BCUT2D eigenvalue weighted by atomic mass is 19.1. The number of rotatable bonds is 2. The smallest absolute Gasteiger partial charge is 0.345 e. The van der Waals surface area contributed by atoms with Crippen molar-refractivity contribution in [3.63, 3.8) is 0 Å². The van der Waals surface area contributed by atoms with Crippen LogP contribution in [-0.4, -0.2) is 13.1 Å². The van der Waals surface area contributed by atoms with Crippen molar-refractivity contribution in [1.29, 1.82) is 0 Å². The highest BCUT2D eigenvalue weighted by Gasteiger charge is 2.21. The first-order chi connectivity index (χ1) is 7.72. The fourth-order valence-electron chi connectivity index (χ4n) is 2.15. The molecule has 0 amide bonds. The van der Waals surface area contributed by atoms with Crippen molar-refractivity contribution in [2.45, 2.75) is 31.9 Å². The molecular formula is C13H15FO2. The van der Waals surface area contributed by atoms with Crippen molar-refractivity contribution in [1.82, 2.24) is 0 Å². The molecule has 2 rings (SSSR count). The zero-order chi connectivity index (χ0) is 11.5. The lowest BCUT2D eigenvalue weighted by atomic mass is 9.90. The van der Waals surface area contributed by atoms with E-state index in [1.807, 2.05) is 6.07 Å². The molecular weight excluding hydrogens is 207 g/mol. The van der Waals surface area contributed by atoms with E-state index in [1.54, 1.807) is 12.1 Å². The first-order valence-corrected chi connectivity index (χ1v) is 5.56. The number of halogens is 1. The van der Waals surface area contributed by atoms with Crippen LogP contribution in [0, 0.1) is 0 Å². The molecule has 1 aromatic rings. The van der Waals surface area contributed by atoms with Gasteiger partial charge in [0.2, 0.25) is 6.17 Å². The Morgan fingerprint density at radius 3 is 2.69 bits per heavy atom. The lowest BCUT2D eigenvalue weighted by molar-refractivity contribution is -0.146. The van der Waals surface area contributed by atoms with E-state index in [0.29, 0.717) is 5.56 Å². The largest absolute Gasteiger partial charge is 0.467 e. The van der Waals surface area contributed by atoms with Crippen LogP contribution in [-0.2, 0) is 22.4 Å². The van der Waals surface area contributed by atoms with Crippen molar-refractivity contribution in [2.75, 3.05) is 7.11 Å². The maximum absolute atomic E-state index is 13.6. The molecule has 0 heterocycles. The number of fused-ring (bicyclic) bond motifs is 1. The summed E-state index contributed by atoms with van der Waals surface area (Å²) in [6.45, 7) is 0. The maximum Gasteiger partial charge on any atom is 0.345 e. The molecule has 0 aromatic heterocycles. The fraction of sp³-hybridized carbons (Fsp3) is 0.462. The van der Waals surface area contributed by atoms with Crippen LogP contribution in [0.1, 0.15) is 35.7 Å². The predicted molar refractivity (Wildman–Crippen MR) is 58.9 cm³/mol. The third kappa shape index (κ3) is 2.08. The Hall–Kier alpha value is -1.38. The zero-order valence-corrected chi connectivity index (χ0v) is 9.33. The summed E-state index contributed by atoms with van der Waals surface area (Å²) >= 11 is 0. The van der Waals surface area contributed by atoms with Crippen LogP contribution >= 0.6 is 0 Å². The van der Waals surface area contributed by atoms with Crippen molar-refractivity contribution >= 4 is 5.97 Å². The van der Waals surface area contributed by atoms with Gasteiger partial charge in [0.05, 0.1) is 7.11 Å². The van der Waals surface area contributed by atoms with Crippen molar-refractivity contribution in [3.8, 4) is 0 Å². The van der Waals surface area contributed by atoms with E-state index in [2.05, 4.69) is 4.74 Å². The minimum atomic E-state index is -1.66. The van der Waals surface area contributed by atoms with Gasteiger partial charge in [-0.1, -0.05) is 18.2 Å². The Morgan fingerprint density at radius 2 is 2.00 bits per heavy atom. The van der Waals surface area contributed by atoms with Gasteiger partial charge in [-0.3, -0.25) is 0 Å². The van der Waals surface area contributed by atoms with Crippen LogP contribution in [0.4, 0.5) is 4.39 Å². The van der Waals surface area contributed by atoms with Gasteiger partial charge in [0, 0.05) is 0 Å². The van der Waals surface area contributed by atoms with Gasteiger partial charge in [-0.25, -0.2) is 9.18 Å². The molecule has 0 spiro atoms. The molecule has 0 saturated carbocycles. The Kier molecular flexibility index (Phi) is 3.22. The third-order valence-electron chi connectivity index (χ3n) is 3.07. The second-order valence-corrected chi connectivity index (χ2v) is 4.12. The number of aryl methyl sites for hydroxylation is 2. The van der Waals surface area contributed by atoms with E-state index in [-0.39, 0.29) is 0 Å². The average Bonchev–Trinajstić information content (AvgIpc) is 2.36. The second-order valence-electron chi connectivity index (χ2n) is 4.12. The quantitative estimate of drug-likeness (QED) is 0.719. The van der Waals surface area contributed by atoms with Crippen LogP contribution in [0.5, 0.6) is 0 Å². The van der Waals surface area contributed by atoms with Gasteiger partial charge in [-0.2, -0.15) is 0 Å². The first kappa shape index (κ1) is 11.1. The molecule has 1 unspecified atom stereocenters. The number of methoxy groups -OCH3 is 1. The molecule has 0 aliphatic heterocycles. The van der Waals surface area contributed by atoms with Crippen LogP contribution in [0.2, 0.25) is 0 Å². The Morgan fingerprint density at radius 1 is 1.31 bits per heavy atom. The highest BCUT2D eigenvalue weighted by molar-refractivity contribution is 5.76. The van der Waals surface area contributed by atoms with Crippen LogP contribution in [0.25, 0.3) is 0 Å². The topological polar surface area (TPSA) is 26.3 Å². The molecule has 3 heteroatoms. The van der Waals surface area contributed by atoms with Crippen molar-refractivity contribution in [2.24, 2.45) is 0 Å². The number of benzene rings is 1. The van der Waals surface area contributed by atoms with E-state index < -0.39 is 12.1 Å². The van der Waals surface area contributed by atoms with Gasteiger partial charge < -0.3 is 4.74 Å². The summed E-state index contributed by atoms with van der Waals surface area (Å²) < 4.78 is 18.0. The Balaban J connectivity index is 2.26. The molecule has 2 nitrogen and oxygen atoms in total. The van der Waals surface area contributed by atoms with E-state index in [0.717, 1.165) is 19.3 Å². The predicted octanol–water partition coefficient (Wildman–Crippen LogP) is 2.75. The number of carbonyl (C=O) groups excluding carboxylic acids is 1. The van der Waals surface area contributed by atoms with Gasteiger partial charge in [0.15, 0.2) is 0 Å². The molecule has 86 valence electrons. The SMILES string of the molecule is COC(=O)C(F)c1ccc2c(c1)CCCC2. The molecule has 0 bridgehead atoms. The molecule has 0 N–H and O–H groups in total. The summed E-state index contributed by atoms with van der Waals surface area (Å²) in [5.74, 6) is -0.823. The van der Waals surface area contributed by atoms with Crippen molar-refractivity contribution < 1.29 is 13.9 Å².